The summed E-state index contributed by atoms with van der Waals surface area (Å²) in [6.07, 6.45) is 0. The summed E-state index contributed by atoms with van der Waals surface area (Å²) in [6.45, 7) is 4.89. The average molecular weight is 391 g/mol. The van der Waals surface area contributed by atoms with Gasteiger partial charge in [-0.1, -0.05) is 54.6 Å². The Balaban J connectivity index is 0.00000225. The molecule has 142 valence electrons. The molecule has 0 aliphatic rings. The van der Waals surface area contributed by atoms with Crippen molar-refractivity contribution >= 4 is 40.8 Å². The molecular formula is C23H23ClN4. The average Bonchev–Trinajstić information content (AvgIpc) is 2.69. The summed E-state index contributed by atoms with van der Waals surface area (Å²) < 4.78 is 0. The molecule has 1 aromatic heterocycles. The van der Waals surface area contributed by atoms with Gasteiger partial charge in [-0.25, -0.2) is 4.98 Å². The monoisotopic (exact) mass is 390 g/mol. The van der Waals surface area contributed by atoms with Gasteiger partial charge in [0.1, 0.15) is 5.82 Å². The number of anilines is 3. The molecule has 0 saturated carbocycles. The van der Waals surface area contributed by atoms with Crippen LogP contribution in [0.3, 0.4) is 0 Å². The molecule has 0 amide bonds. The highest BCUT2D eigenvalue weighted by Crippen LogP contribution is 2.26. The molecule has 5 heteroatoms. The molecule has 4 rings (SSSR count). The molecule has 3 aromatic carbocycles. The second-order valence-electron chi connectivity index (χ2n) is 6.63. The quantitative estimate of drug-likeness (QED) is 0.437. The number of aryl methyl sites for hydroxylation is 2. The molecule has 0 saturated heterocycles. The normalized spacial score (nSPS) is 10.4. The van der Waals surface area contributed by atoms with Crippen LogP contribution < -0.4 is 10.6 Å². The van der Waals surface area contributed by atoms with E-state index in [2.05, 4.69) is 65.9 Å². The van der Waals surface area contributed by atoms with Crippen molar-refractivity contribution < 1.29 is 0 Å². The number of para-hydroxylation sites is 2. The fourth-order valence-electron chi connectivity index (χ4n) is 3.07. The van der Waals surface area contributed by atoms with Gasteiger partial charge in [0.15, 0.2) is 0 Å². The van der Waals surface area contributed by atoms with E-state index >= 15 is 0 Å². The maximum absolute atomic E-state index is 4.75. The fraction of sp³-hybridized carbons (Fsp3) is 0.130. The Bertz CT molecular complexity index is 1090. The summed E-state index contributed by atoms with van der Waals surface area (Å²) in [7, 11) is 0. The highest BCUT2D eigenvalue weighted by atomic mass is 35.5. The molecule has 0 bridgehead atoms. The van der Waals surface area contributed by atoms with E-state index in [0.717, 1.165) is 22.4 Å². The summed E-state index contributed by atoms with van der Waals surface area (Å²) in [6, 6.07) is 24.6. The highest BCUT2D eigenvalue weighted by Gasteiger charge is 2.09. The summed E-state index contributed by atoms with van der Waals surface area (Å²) in [4.78, 5) is 9.43. The van der Waals surface area contributed by atoms with E-state index < -0.39 is 0 Å². The first kappa shape index (κ1) is 19.6. The van der Waals surface area contributed by atoms with Crippen LogP contribution in [0.1, 0.15) is 16.7 Å². The molecule has 0 aliphatic carbocycles. The number of fused-ring (bicyclic) bond motifs is 1. The molecule has 1 heterocycles. The molecule has 0 radical (unpaired) electrons. The molecular weight excluding hydrogens is 368 g/mol. The summed E-state index contributed by atoms with van der Waals surface area (Å²) in [5.74, 6) is 1.43. The van der Waals surface area contributed by atoms with E-state index in [4.69, 9.17) is 4.98 Å². The van der Waals surface area contributed by atoms with Gasteiger partial charge in [-0.15, -0.1) is 12.4 Å². The topological polar surface area (TPSA) is 49.8 Å². The highest BCUT2D eigenvalue weighted by molar-refractivity contribution is 5.91. The third kappa shape index (κ3) is 4.24. The van der Waals surface area contributed by atoms with Gasteiger partial charge in [0.05, 0.1) is 5.52 Å². The lowest BCUT2D eigenvalue weighted by atomic mass is 10.1. The van der Waals surface area contributed by atoms with Crippen molar-refractivity contribution in [1.29, 1.82) is 0 Å². The first-order chi connectivity index (χ1) is 13.2. The van der Waals surface area contributed by atoms with E-state index in [1.54, 1.807) is 0 Å². The van der Waals surface area contributed by atoms with Gasteiger partial charge in [0.25, 0.3) is 0 Å². The number of halogens is 1. The zero-order valence-corrected chi connectivity index (χ0v) is 16.8. The van der Waals surface area contributed by atoms with Crippen LogP contribution in [0.5, 0.6) is 0 Å². The van der Waals surface area contributed by atoms with Gasteiger partial charge in [-0.05, 0) is 48.7 Å². The summed E-state index contributed by atoms with van der Waals surface area (Å²) >= 11 is 0. The van der Waals surface area contributed by atoms with Crippen LogP contribution >= 0.6 is 12.4 Å². The van der Waals surface area contributed by atoms with Crippen LogP contribution in [0.2, 0.25) is 0 Å². The van der Waals surface area contributed by atoms with Crippen LogP contribution in [0.15, 0.2) is 72.8 Å². The third-order valence-corrected chi connectivity index (χ3v) is 4.70. The standard InChI is InChI=1S/C23H22N4.ClH/c1-16-9-3-5-11-18(16)15-24-23-26-21-14-8-6-12-19(21)22(27-23)25-20-13-7-4-10-17(20)2;/h3-14H,15H2,1-2H3,(H2,24,25,26,27);1H. The Kier molecular flexibility index (Phi) is 6.12. The maximum atomic E-state index is 4.75. The van der Waals surface area contributed by atoms with E-state index in [-0.39, 0.29) is 12.4 Å². The van der Waals surface area contributed by atoms with E-state index in [9.17, 15) is 0 Å². The van der Waals surface area contributed by atoms with Gasteiger partial charge < -0.3 is 10.6 Å². The number of nitrogens with one attached hydrogen (secondary N) is 2. The predicted molar refractivity (Wildman–Crippen MR) is 120 cm³/mol. The van der Waals surface area contributed by atoms with E-state index in [1.807, 2.05) is 36.4 Å². The molecule has 0 aliphatic heterocycles. The smallest absolute Gasteiger partial charge is 0.225 e. The minimum atomic E-state index is 0. The molecule has 0 unspecified atom stereocenters. The summed E-state index contributed by atoms with van der Waals surface area (Å²) in [5.41, 5.74) is 5.63. The first-order valence-corrected chi connectivity index (χ1v) is 9.08. The van der Waals surface area contributed by atoms with Gasteiger partial charge in [0.2, 0.25) is 5.95 Å². The molecule has 0 atom stereocenters. The number of hydrogen-bond acceptors (Lipinski definition) is 4. The molecule has 4 nitrogen and oxygen atoms in total. The van der Waals surface area contributed by atoms with Crippen molar-refractivity contribution in [3.8, 4) is 0 Å². The number of nitrogens with zero attached hydrogens (tertiary/aromatic N) is 2. The fourth-order valence-corrected chi connectivity index (χ4v) is 3.07. The van der Waals surface area contributed by atoms with Gasteiger partial charge >= 0.3 is 0 Å². The van der Waals surface area contributed by atoms with Crippen LogP contribution in [-0.2, 0) is 6.54 Å². The molecule has 0 spiro atoms. The minimum Gasteiger partial charge on any atom is -0.350 e. The Morgan fingerprint density at radius 2 is 1.43 bits per heavy atom. The van der Waals surface area contributed by atoms with Gasteiger partial charge in [0, 0.05) is 17.6 Å². The molecule has 4 aromatic rings. The van der Waals surface area contributed by atoms with Crippen LogP contribution in [0.25, 0.3) is 10.9 Å². The van der Waals surface area contributed by atoms with Gasteiger partial charge in [-0.2, -0.15) is 4.98 Å². The second-order valence-corrected chi connectivity index (χ2v) is 6.63. The number of rotatable bonds is 5. The van der Waals surface area contributed by atoms with Crippen molar-refractivity contribution in [3.63, 3.8) is 0 Å². The zero-order valence-electron chi connectivity index (χ0n) is 15.9. The van der Waals surface area contributed by atoms with Crippen LogP contribution in [0.4, 0.5) is 17.5 Å². The Morgan fingerprint density at radius 3 is 2.21 bits per heavy atom. The van der Waals surface area contributed by atoms with Crippen LogP contribution in [-0.4, -0.2) is 9.97 Å². The largest absolute Gasteiger partial charge is 0.350 e. The second kappa shape index (κ2) is 8.72. The molecule has 2 N–H and O–H groups in total. The lowest BCUT2D eigenvalue weighted by Crippen LogP contribution is -2.07. The Hall–Kier alpha value is -3.11. The lowest BCUT2D eigenvalue weighted by Gasteiger charge is -2.14. The van der Waals surface area contributed by atoms with E-state index in [1.165, 1.54) is 16.7 Å². The van der Waals surface area contributed by atoms with Gasteiger partial charge in [-0.3, -0.25) is 0 Å². The zero-order chi connectivity index (χ0) is 18.6. The SMILES string of the molecule is Cc1ccccc1CNc1nc(Nc2ccccc2C)c2ccccc2n1.Cl. The van der Waals surface area contributed by atoms with Crippen molar-refractivity contribution in [3.05, 3.63) is 89.5 Å². The maximum Gasteiger partial charge on any atom is 0.225 e. The third-order valence-electron chi connectivity index (χ3n) is 4.70. The van der Waals surface area contributed by atoms with Crippen molar-refractivity contribution in [2.45, 2.75) is 20.4 Å². The lowest BCUT2D eigenvalue weighted by molar-refractivity contribution is 1.06. The minimum absolute atomic E-state index is 0. The predicted octanol–water partition coefficient (Wildman–Crippen LogP) is 6.02. The summed E-state index contributed by atoms with van der Waals surface area (Å²) in [5, 5.41) is 7.85. The molecule has 28 heavy (non-hydrogen) atoms. The van der Waals surface area contributed by atoms with Crippen molar-refractivity contribution in [1.82, 2.24) is 9.97 Å². The number of benzene rings is 3. The molecule has 0 fully saturated rings. The number of aromatic nitrogens is 2. The van der Waals surface area contributed by atoms with Crippen molar-refractivity contribution in [2.24, 2.45) is 0 Å². The number of hydrogen-bond donors (Lipinski definition) is 2. The van der Waals surface area contributed by atoms with E-state index in [0.29, 0.717) is 12.5 Å². The Labute approximate surface area is 171 Å². The van der Waals surface area contributed by atoms with Crippen LogP contribution in [0, 0.1) is 13.8 Å². The first-order valence-electron chi connectivity index (χ1n) is 9.08. The van der Waals surface area contributed by atoms with Crippen molar-refractivity contribution in [2.75, 3.05) is 10.6 Å². The Morgan fingerprint density at radius 1 is 0.750 bits per heavy atom.